The van der Waals surface area contributed by atoms with Crippen LogP contribution in [0, 0.1) is 0 Å². The molecule has 2 heterocycles. The Morgan fingerprint density at radius 2 is 0.612 bits per heavy atom. The molecule has 4 nitrogen and oxygen atoms in total. The maximum Gasteiger partial charge on any atom is 0.145 e. The Kier molecular flexibility index (Phi) is 10.2. The predicted octanol–water partition coefficient (Wildman–Crippen LogP) is 16.3. The minimum atomic E-state index is 0.828. The van der Waals surface area contributed by atoms with Gasteiger partial charge in [-0.25, -0.2) is 15.0 Å². The van der Waals surface area contributed by atoms with Gasteiger partial charge in [0.15, 0.2) is 0 Å². The van der Waals surface area contributed by atoms with E-state index in [2.05, 4.69) is 241 Å². The number of imidazole rings is 1. The number of benzene rings is 10. The molecule has 0 aliphatic rings. The second kappa shape index (κ2) is 17.2. The van der Waals surface area contributed by atoms with Crippen LogP contribution < -0.4 is 0 Å². The summed E-state index contributed by atoms with van der Waals surface area (Å²) in [5.41, 5.74) is 20.9. The number of nitrogens with zero attached hydrogens (tertiary/aromatic N) is 4. The van der Waals surface area contributed by atoms with Crippen molar-refractivity contribution in [2.24, 2.45) is 0 Å². The van der Waals surface area contributed by atoms with Gasteiger partial charge in [-0.2, -0.15) is 0 Å². The van der Waals surface area contributed by atoms with Gasteiger partial charge in [0.05, 0.1) is 33.5 Å². The first kappa shape index (κ1) is 39.6. The zero-order chi connectivity index (χ0) is 44.5. The first-order valence-electron chi connectivity index (χ1n) is 22.7. The van der Waals surface area contributed by atoms with E-state index < -0.39 is 0 Å². The van der Waals surface area contributed by atoms with Crippen LogP contribution in [0.4, 0.5) is 0 Å². The summed E-state index contributed by atoms with van der Waals surface area (Å²) >= 11 is 0. The molecule has 0 saturated carbocycles. The van der Waals surface area contributed by atoms with E-state index in [-0.39, 0.29) is 0 Å². The molecule has 0 atom stereocenters. The van der Waals surface area contributed by atoms with E-state index in [1.54, 1.807) is 0 Å². The molecule has 12 rings (SSSR count). The van der Waals surface area contributed by atoms with Crippen molar-refractivity contribution >= 4 is 22.1 Å². The molecule has 2 aromatic heterocycles. The van der Waals surface area contributed by atoms with Crippen molar-refractivity contribution in [3.8, 4) is 95.2 Å². The number of rotatable bonds is 9. The van der Waals surface area contributed by atoms with Crippen molar-refractivity contribution in [3.63, 3.8) is 0 Å². The van der Waals surface area contributed by atoms with Crippen molar-refractivity contribution in [3.05, 3.63) is 255 Å². The van der Waals surface area contributed by atoms with Crippen molar-refractivity contribution in [2.45, 2.75) is 0 Å². The minimum absolute atomic E-state index is 0.828. The van der Waals surface area contributed by atoms with Crippen molar-refractivity contribution in [1.29, 1.82) is 0 Å². The Morgan fingerprint density at radius 3 is 1.12 bits per heavy atom. The first-order chi connectivity index (χ1) is 33.2. The zero-order valence-corrected chi connectivity index (χ0v) is 36.5. The number of fused-ring (bicyclic) bond motifs is 2. The lowest BCUT2D eigenvalue weighted by Crippen LogP contribution is -1.98. The highest BCUT2D eigenvalue weighted by molar-refractivity contribution is 6.01. The molecular formula is C63H42N4. The predicted molar refractivity (Wildman–Crippen MR) is 278 cm³/mol. The Hall–Kier alpha value is -8.99. The van der Waals surface area contributed by atoms with Gasteiger partial charge in [-0.15, -0.1) is 0 Å². The highest BCUT2D eigenvalue weighted by Gasteiger charge is 2.21. The molecule has 0 N–H and O–H groups in total. The first-order valence-corrected chi connectivity index (χ1v) is 22.7. The molecule has 0 amide bonds. The standard InChI is InChI=1S/C63H42N4/c1-5-19-45(20-6-1)51-27-13-15-29-53(51)55-41-58-59(42-56(55)54-30-16-14-28-52(54)46-21-7-2-8-22-46)65-62(61(64-58)47-23-9-3-10-24-47)48-37-33-43(34-38-48)44-35-39-49(40-36-44)63-66-57-31-17-18-32-60(57)67(63)50-25-11-4-12-26-50/h1-42H. The Balaban J connectivity index is 0.985. The molecule has 0 aliphatic carbocycles. The van der Waals surface area contributed by atoms with Crippen LogP contribution in [0.15, 0.2) is 255 Å². The molecule has 0 bridgehead atoms. The molecule has 10 aromatic carbocycles. The Labute approximate surface area is 389 Å². The fraction of sp³-hybridized carbons (Fsp3) is 0. The summed E-state index contributed by atoms with van der Waals surface area (Å²) in [7, 11) is 0. The monoisotopic (exact) mass is 854 g/mol. The van der Waals surface area contributed by atoms with Gasteiger partial charge < -0.3 is 0 Å². The molecule has 0 spiro atoms. The van der Waals surface area contributed by atoms with Crippen molar-refractivity contribution < 1.29 is 0 Å². The van der Waals surface area contributed by atoms with Crippen LogP contribution in [-0.4, -0.2) is 19.5 Å². The third-order valence-corrected chi connectivity index (χ3v) is 12.7. The van der Waals surface area contributed by atoms with Gasteiger partial charge in [0.25, 0.3) is 0 Å². The Bertz CT molecular complexity index is 3690. The maximum absolute atomic E-state index is 5.55. The summed E-state index contributed by atoms with van der Waals surface area (Å²) in [5, 5.41) is 0. The molecular weight excluding hydrogens is 813 g/mol. The van der Waals surface area contributed by atoms with Gasteiger partial charge in [0, 0.05) is 22.4 Å². The second-order valence-electron chi connectivity index (χ2n) is 16.7. The van der Waals surface area contributed by atoms with Crippen molar-refractivity contribution in [1.82, 2.24) is 19.5 Å². The van der Waals surface area contributed by atoms with Crippen LogP contribution in [0.2, 0.25) is 0 Å². The molecule has 67 heavy (non-hydrogen) atoms. The summed E-state index contributed by atoms with van der Waals surface area (Å²) < 4.78 is 2.24. The van der Waals surface area contributed by atoms with Crippen LogP contribution in [0.1, 0.15) is 0 Å². The molecule has 314 valence electrons. The zero-order valence-electron chi connectivity index (χ0n) is 36.5. The summed E-state index contributed by atoms with van der Waals surface area (Å²) in [6, 6.07) is 89.8. The van der Waals surface area contributed by atoms with Crippen molar-refractivity contribution in [2.75, 3.05) is 0 Å². The highest BCUT2D eigenvalue weighted by Crippen LogP contribution is 2.44. The third-order valence-electron chi connectivity index (χ3n) is 12.7. The van der Waals surface area contributed by atoms with Gasteiger partial charge in [0.2, 0.25) is 0 Å². The average Bonchev–Trinajstić information content (AvgIpc) is 3.81. The molecule has 12 aromatic rings. The topological polar surface area (TPSA) is 43.6 Å². The molecule has 0 fully saturated rings. The van der Waals surface area contributed by atoms with Crippen LogP contribution in [-0.2, 0) is 0 Å². The molecule has 4 heteroatoms. The van der Waals surface area contributed by atoms with E-state index in [0.29, 0.717) is 0 Å². The number of aromatic nitrogens is 4. The average molecular weight is 855 g/mol. The fourth-order valence-corrected chi connectivity index (χ4v) is 9.41. The van der Waals surface area contributed by atoms with E-state index in [0.717, 1.165) is 117 Å². The largest absolute Gasteiger partial charge is 0.292 e. The van der Waals surface area contributed by atoms with Crippen LogP contribution in [0.3, 0.4) is 0 Å². The second-order valence-corrected chi connectivity index (χ2v) is 16.7. The van der Waals surface area contributed by atoms with Gasteiger partial charge in [-0.1, -0.05) is 218 Å². The lowest BCUT2D eigenvalue weighted by Gasteiger charge is -2.19. The normalized spacial score (nSPS) is 11.3. The quantitative estimate of drug-likeness (QED) is 0.145. The van der Waals surface area contributed by atoms with E-state index in [1.165, 1.54) is 0 Å². The lowest BCUT2D eigenvalue weighted by atomic mass is 9.86. The molecule has 0 aliphatic heterocycles. The third kappa shape index (κ3) is 7.47. The SMILES string of the molecule is c1ccc(-c2ccccc2-c2cc3nc(-c4ccccc4)c(-c4ccc(-c5ccc(-c6nc7ccccc7n6-c6ccccc6)cc5)cc4)nc3cc2-c2ccccc2-c2ccccc2)cc1. The maximum atomic E-state index is 5.55. The fourth-order valence-electron chi connectivity index (χ4n) is 9.41. The van der Waals surface area contributed by atoms with Gasteiger partial charge in [-0.05, 0) is 92.0 Å². The highest BCUT2D eigenvalue weighted by atomic mass is 15.1. The number of hydrogen-bond acceptors (Lipinski definition) is 3. The van der Waals surface area contributed by atoms with Gasteiger partial charge in [-0.3, -0.25) is 4.57 Å². The summed E-state index contributed by atoms with van der Waals surface area (Å²) in [6.07, 6.45) is 0. The lowest BCUT2D eigenvalue weighted by molar-refractivity contribution is 1.10. The number of hydrogen-bond donors (Lipinski definition) is 0. The smallest absolute Gasteiger partial charge is 0.145 e. The number of para-hydroxylation sites is 3. The van der Waals surface area contributed by atoms with E-state index in [4.69, 9.17) is 15.0 Å². The summed E-state index contributed by atoms with van der Waals surface area (Å²) in [4.78, 5) is 16.2. The summed E-state index contributed by atoms with van der Waals surface area (Å²) in [5.74, 6) is 0.914. The van der Waals surface area contributed by atoms with Crippen LogP contribution in [0.5, 0.6) is 0 Å². The Morgan fingerprint density at radius 1 is 0.239 bits per heavy atom. The van der Waals surface area contributed by atoms with Gasteiger partial charge in [0.1, 0.15) is 5.82 Å². The van der Waals surface area contributed by atoms with Gasteiger partial charge >= 0.3 is 0 Å². The molecule has 0 radical (unpaired) electrons. The molecule has 0 unspecified atom stereocenters. The van der Waals surface area contributed by atoms with E-state index in [9.17, 15) is 0 Å². The van der Waals surface area contributed by atoms with E-state index >= 15 is 0 Å². The minimum Gasteiger partial charge on any atom is -0.292 e. The summed E-state index contributed by atoms with van der Waals surface area (Å²) in [6.45, 7) is 0. The van der Waals surface area contributed by atoms with E-state index in [1.807, 2.05) is 18.2 Å². The molecule has 0 saturated heterocycles. The van der Waals surface area contributed by atoms with Crippen LogP contribution in [0.25, 0.3) is 117 Å². The van der Waals surface area contributed by atoms with Crippen LogP contribution >= 0.6 is 0 Å².